The third-order valence-electron chi connectivity index (χ3n) is 4.47. The Balaban J connectivity index is 1.62. The van der Waals surface area contributed by atoms with E-state index in [-0.39, 0.29) is 11.9 Å². The number of aromatic nitrogens is 1. The largest absolute Gasteiger partial charge is 0.470 e. The molecule has 2 saturated heterocycles. The Hall–Kier alpha value is -1.96. The Labute approximate surface area is 133 Å². The van der Waals surface area contributed by atoms with Crippen molar-refractivity contribution in [2.24, 2.45) is 5.92 Å². The molecular formula is C15H20F2N4O2. The first-order valence-electron chi connectivity index (χ1n) is 7.66. The van der Waals surface area contributed by atoms with Gasteiger partial charge in [0.2, 0.25) is 5.88 Å². The number of ether oxygens (including phenoxy) is 1. The summed E-state index contributed by atoms with van der Waals surface area (Å²) in [5.41, 5.74) is 0.309. The lowest BCUT2D eigenvalue weighted by Gasteiger charge is -2.21. The molecule has 0 unspecified atom stereocenters. The molecule has 1 aromatic heterocycles. The van der Waals surface area contributed by atoms with E-state index in [0.717, 1.165) is 13.0 Å². The van der Waals surface area contributed by atoms with Crippen molar-refractivity contribution < 1.29 is 18.3 Å². The zero-order valence-corrected chi connectivity index (χ0v) is 12.9. The average molecular weight is 326 g/mol. The van der Waals surface area contributed by atoms with E-state index in [1.165, 1.54) is 6.20 Å². The number of hydrogen-bond donors (Lipinski definition) is 1. The van der Waals surface area contributed by atoms with Crippen LogP contribution < -0.4 is 10.1 Å². The number of carbonyl (C=O) groups is 1. The lowest BCUT2D eigenvalue weighted by Crippen LogP contribution is -2.37. The van der Waals surface area contributed by atoms with Gasteiger partial charge in [0.15, 0.2) is 6.61 Å². The number of hydrogen-bond acceptors (Lipinski definition) is 4. The van der Waals surface area contributed by atoms with Crippen LogP contribution in [0.2, 0.25) is 0 Å². The number of halogens is 2. The van der Waals surface area contributed by atoms with Crippen molar-refractivity contribution >= 4 is 11.7 Å². The van der Waals surface area contributed by atoms with Crippen molar-refractivity contribution in [3.63, 3.8) is 0 Å². The second-order valence-corrected chi connectivity index (χ2v) is 5.99. The summed E-state index contributed by atoms with van der Waals surface area (Å²) in [5, 5.41) is 2.72. The summed E-state index contributed by atoms with van der Waals surface area (Å²) in [6.45, 7) is 1.71. The first-order valence-corrected chi connectivity index (χ1v) is 7.66. The van der Waals surface area contributed by atoms with Crippen LogP contribution in [0.3, 0.4) is 0 Å². The van der Waals surface area contributed by atoms with Crippen molar-refractivity contribution in [1.29, 1.82) is 0 Å². The number of likely N-dealkylation sites (tertiary alicyclic amines) is 2. The molecule has 2 atom stereocenters. The second-order valence-electron chi connectivity index (χ2n) is 5.99. The molecule has 2 aliphatic rings. The van der Waals surface area contributed by atoms with Crippen LogP contribution in [0.4, 0.5) is 19.3 Å². The second kappa shape index (κ2) is 6.66. The molecule has 3 rings (SSSR count). The number of anilines is 1. The van der Waals surface area contributed by atoms with Gasteiger partial charge in [0, 0.05) is 25.3 Å². The number of alkyl halides is 2. The van der Waals surface area contributed by atoms with Crippen LogP contribution in [-0.2, 0) is 0 Å². The molecule has 1 N–H and O–H groups in total. The molecule has 1 aromatic rings. The first kappa shape index (κ1) is 15.9. The predicted octanol–water partition coefficient (Wildman–Crippen LogP) is 1.89. The number of nitrogens with one attached hydrogen (secondary N) is 1. The van der Waals surface area contributed by atoms with E-state index < -0.39 is 13.0 Å². The molecule has 2 amide bonds. The smallest absolute Gasteiger partial charge is 0.322 e. The van der Waals surface area contributed by atoms with E-state index in [1.54, 1.807) is 17.0 Å². The molecule has 0 bridgehead atoms. The number of rotatable bonds is 4. The lowest BCUT2D eigenvalue weighted by molar-refractivity contribution is 0.0800. The van der Waals surface area contributed by atoms with Gasteiger partial charge in [-0.15, -0.1) is 0 Å². The molecule has 0 aliphatic carbocycles. The van der Waals surface area contributed by atoms with Gasteiger partial charge in [0.25, 0.3) is 6.43 Å². The Morgan fingerprint density at radius 2 is 2.35 bits per heavy atom. The van der Waals surface area contributed by atoms with Crippen molar-refractivity contribution in [2.75, 3.05) is 38.6 Å². The normalized spacial score (nSPS) is 24.1. The number of likely N-dealkylation sites (N-methyl/N-ethyl adjacent to an activating group) is 1. The van der Waals surface area contributed by atoms with Gasteiger partial charge in [-0.3, -0.25) is 0 Å². The number of amides is 2. The summed E-state index contributed by atoms with van der Waals surface area (Å²) in [7, 11) is 2.07. The van der Waals surface area contributed by atoms with Crippen molar-refractivity contribution in [2.45, 2.75) is 18.9 Å². The van der Waals surface area contributed by atoms with E-state index in [4.69, 9.17) is 4.74 Å². The molecule has 0 radical (unpaired) electrons. The molecule has 6 nitrogen and oxygen atoms in total. The fourth-order valence-corrected chi connectivity index (χ4v) is 3.28. The molecule has 0 aromatic carbocycles. The molecule has 0 saturated carbocycles. The minimum atomic E-state index is -2.59. The quantitative estimate of drug-likeness (QED) is 0.918. The standard InChI is InChI=1S/C15H20F2N4O2/c1-20-6-4-10-7-21(8-12(10)20)15(22)19-11-3-2-5-18-14(11)23-9-13(16)17/h2-3,5,10,12-13H,4,6-9H2,1H3,(H,19,22)/t10-,12+/m1/s1. The number of pyridine rings is 1. The van der Waals surface area contributed by atoms with Crippen LogP contribution in [0.25, 0.3) is 0 Å². The van der Waals surface area contributed by atoms with Crippen LogP contribution in [0.5, 0.6) is 5.88 Å². The van der Waals surface area contributed by atoms with E-state index in [2.05, 4.69) is 22.2 Å². The Morgan fingerprint density at radius 1 is 1.52 bits per heavy atom. The fourth-order valence-electron chi connectivity index (χ4n) is 3.28. The third-order valence-corrected chi connectivity index (χ3v) is 4.47. The van der Waals surface area contributed by atoms with Gasteiger partial charge in [-0.05, 0) is 38.1 Å². The van der Waals surface area contributed by atoms with Gasteiger partial charge in [-0.1, -0.05) is 0 Å². The zero-order valence-electron chi connectivity index (χ0n) is 12.9. The SMILES string of the molecule is CN1CC[C@@H]2CN(C(=O)Nc3cccnc3OCC(F)F)C[C@@H]21. The van der Waals surface area contributed by atoms with Gasteiger partial charge in [-0.2, -0.15) is 0 Å². The molecule has 2 fully saturated rings. The maximum absolute atomic E-state index is 12.4. The summed E-state index contributed by atoms with van der Waals surface area (Å²) in [5.74, 6) is 0.520. The summed E-state index contributed by atoms with van der Waals surface area (Å²) < 4.78 is 29.5. The fraction of sp³-hybridized carbons (Fsp3) is 0.600. The topological polar surface area (TPSA) is 57.7 Å². The maximum atomic E-state index is 12.4. The highest BCUT2D eigenvalue weighted by atomic mass is 19.3. The number of urea groups is 1. The van der Waals surface area contributed by atoms with Crippen molar-refractivity contribution in [3.8, 4) is 5.88 Å². The van der Waals surface area contributed by atoms with Crippen LogP contribution in [0.15, 0.2) is 18.3 Å². The van der Waals surface area contributed by atoms with Gasteiger partial charge in [0.1, 0.15) is 5.69 Å². The van der Waals surface area contributed by atoms with E-state index in [0.29, 0.717) is 30.7 Å². The van der Waals surface area contributed by atoms with Gasteiger partial charge >= 0.3 is 6.03 Å². The van der Waals surface area contributed by atoms with Gasteiger partial charge in [0.05, 0.1) is 0 Å². The Kier molecular flexibility index (Phi) is 4.61. The summed E-state index contributed by atoms with van der Waals surface area (Å²) in [6.07, 6.45) is -0.0549. The lowest BCUT2D eigenvalue weighted by atomic mass is 10.1. The minimum Gasteiger partial charge on any atom is -0.470 e. The number of fused-ring (bicyclic) bond motifs is 1. The molecule has 2 aliphatic heterocycles. The number of carbonyl (C=O) groups excluding carboxylic acids is 1. The highest BCUT2D eigenvalue weighted by Crippen LogP contribution is 2.31. The highest BCUT2D eigenvalue weighted by Gasteiger charge is 2.41. The number of nitrogens with zero attached hydrogens (tertiary/aromatic N) is 3. The predicted molar refractivity (Wildman–Crippen MR) is 80.9 cm³/mol. The zero-order chi connectivity index (χ0) is 16.4. The Bertz CT molecular complexity index is 572. The molecule has 0 spiro atoms. The van der Waals surface area contributed by atoms with Crippen LogP contribution >= 0.6 is 0 Å². The molecule has 23 heavy (non-hydrogen) atoms. The summed E-state index contributed by atoms with van der Waals surface area (Å²) in [4.78, 5) is 20.3. The molecular weight excluding hydrogens is 306 g/mol. The van der Waals surface area contributed by atoms with Gasteiger partial charge in [-0.25, -0.2) is 18.6 Å². The van der Waals surface area contributed by atoms with Crippen molar-refractivity contribution in [3.05, 3.63) is 18.3 Å². The first-order chi connectivity index (χ1) is 11.0. The summed E-state index contributed by atoms with van der Waals surface area (Å²) >= 11 is 0. The van der Waals surface area contributed by atoms with Crippen LogP contribution in [0.1, 0.15) is 6.42 Å². The monoisotopic (exact) mass is 326 g/mol. The van der Waals surface area contributed by atoms with E-state index in [1.807, 2.05) is 0 Å². The maximum Gasteiger partial charge on any atom is 0.322 e. The molecule has 3 heterocycles. The Morgan fingerprint density at radius 3 is 3.09 bits per heavy atom. The van der Waals surface area contributed by atoms with Gasteiger partial charge < -0.3 is 19.9 Å². The van der Waals surface area contributed by atoms with Crippen molar-refractivity contribution in [1.82, 2.24) is 14.8 Å². The molecule has 126 valence electrons. The summed E-state index contributed by atoms with van der Waals surface area (Å²) in [6, 6.07) is 3.37. The average Bonchev–Trinajstić information content (AvgIpc) is 3.09. The third kappa shape index (κ3) is 3.52. The van der Waals surface area contributed by atoms with Crippen LogP contribution in [-0.4, -0.2) is 66.6 Å². The minimum absolute atomic E-state index is 0.0117. The van der Waals surface area contributed by atoms with Crippen LogP contribution in [0, 0.1) is 5.92 Å². The van der Waals surface area contributed by atoms with E-state index >= 15 is 0 Å². The van der Waals surface area contributed by atoms with E-state index in [9.17, 15) is 13.6 Å². The molecule has 8 heteroatoms. The highest BCUT2D eigenvalue weighted by molar-refractivity contribution is 5.90.